The molecule has 0 bridgehead atoms. The molecule has 3 saturated carbocycles. The summed E-state index contributed by atoms with van der Waals surface area (Å²) in [5, 5.41) is 0. The van der Waals surface area contributed by atoms with Gasteiger partial charge in [-0.25, -0.2) is 0 Å². The summed E-state index contributed by atoms with van der Waals surface area (Å²) in [6, 6.07) is 0. The van der Waals surface area contributed by atoms with E-state index in [4.69, 9.17) is 0 Å². The van der Waals surface area contributed by atoms with Crippen LogP contribution in [-0.2, 0) is 0 Å². The Morgan fingerprint density at radius 3 is 2.17 bits per heavy atom. The van der Waals surface area contributed by atoms with Gasteiger partial charge in [0.05, 0.1) is 0 Å². The van der Waals surface area contributed by atoms with Gasteiger partial charge >= 0.3 is 0 Å². The van der Waals surface area contributed by atoms with Crippen LogP contribution in [-0.4, -0.2) is 7.35 Å². The monoisotopic (exact) mass is 472 g/mol. The highest BCUT2D eigenvalue weighted by Crippen LogP contribution is 2.57. The van der Waals surface area contributed by atoms with Gasteiger partial charge in [0, 0.05) is 7.35 Å². The molecule has 0 aromatic heterocycles. The molecular weight excluding hydrogens is 446 g/mol. The standard InChI is InChI=1S/C16H26I2/c17-15-10-12-11-16(18,9-8-14(12)15)13-6-4-2-1-3-5-7-13/h12-15H,1-11H2. The first-order valence-corrected chi connectivity index (χ1v) is 10.3. The molecule has 3 fully saturated rings. The summed E-state index contributed by atoms with van der Waals surface area (Å²) in [7, 11) is 0. The van der Waals surface area contributed by atoms with Gasteiger partial charge in [-0.3, -0.25) is 0 Å². The molecule has 0 N–H and O–H groups in total. The van der Waals surface area contributed by atoms with Crippen molar-refractivity contribution in [3.8, 4) is 0 Å². The maximum atomic E-state index is 2.90. The molecule has 0 aromatic carbocycles. The third kappa shape index (κ3) is 2.89. The highest BCUT2D eigenvalue weighted by atomic mass is 127. The fourth-order valence-electron chi connectivity index (χ4n) is 4.68. The second-order valence-electron chi connectivity index (χ2n) is 7.00. The number of hydrogen-bond acceptors (Lipinski definition) is 0. The van der Waals surface area contributed by atoms with Crippen molar-refractivity contribution in [1.82, 2.24) is 0 Å². The van der Waals surface area contributed by atoms with Crippen molar-refractivity contribution in [3.05, 3.63) is 0 Å². The molecule has 0 spiro atoms. The van der Waals surface area contributed by atoms with E-state index in [9.17, 15) is 0 Å². The molecule has 4 atom stereocenters. The summed E-state index contributed by atoms with van der Waals surface area (Å²) >= 11 is 5.61. The van der Waals surface area contributed by atoms with E-state index >= 15 is 0 Å². The van der Waals surface area contributed by atoms with E-state index in [2.05, 4.69) is 45.2 Å². The molecular formula is C16H26I2. The minimum atomic E-state index is 0.688. The van der Waals surface area contributed by atoms with Crippen molar-refractivity contribution in [1.29, 1.82) is 0 Å². The molecule has 104 valence electrons. The molecule has 3 aliphatic carbocycles. The average Bonchev–Trinajstić information content (AvgIpc) is 2.27. The molecule has 0 saturated heterocycles. The Bertz CT molecular complexity index is 283. The molecule has 3 rings (SSSR count). The van der Waals surface area contributed by atoms with Crippen molar-refractivity contribution < 1.29 is 0 Å². The van der Waals surface area contributed by atoms with Crippen molar-refractivity contribution >= 4 is 45.2 Å². The second kappa shape index (κ2) is 6.07. The number of halogens is 2. The first-order chi connectivity index (χ1) is 8.69. The van der Waals surface area contributed by atoms with Crippen molar-refractivity contribution in [2.24, 2.45) is 17.8 Å². The smallest absolute Gasteiger partial charge is 0.0253 e. The Labute approximate surface area is 140 Å². The number of fused-ring (bicyclic) bond motifs is 1. The summed E-state index contributed by atoms with van der Waals surface area (Å²) in [5.74, 6) is 3.25. The van der Waals surface area contributed by atoms with Gasteiger partial charge in [-0.05, 0) is 56.3 Å². The van der Waals surface area contributed by atoms with Crippen LogP contribution in [0.1, 0.15) is 70.6 Å². The molecule has 3 aliphatic rings. The maximum absolute atomic E-state index is 2.90. The zero-order chi connectivity index (χ0) is 12.6. The predicted octanol–water partition coefficient (Wildman–Crippen LogP) is 6.14. The Morgan fingerprint density at radius 2 is 1.56 bits per heavy atom. The van der Waals surface area contributed by atoms with Crippen LogP contribution in [0, 0.1) is 17.8 Å². The summed E-state index contributed by atoms with van der Waals surface area (Å²) < 4.78 is 1.71. The lowest BCUT2D eigenvalue weighted by Gasteiger charge is -2.53. The van der Waals surface area contributed by atoms with Crippen molar-refractivity contribution in [2.45, 2.75) is 78.0 Å². The van der Waals surface area contributed by atoms with Gasteiger partial charge in [0.25, 0.3) is 0 Å². The first-order valence-electron chi connectivity index (χ1n) is 8.02. The minimum absolute atomic E-state index is 0.688. The van der Waals surface area contributed by atoms with E-state index in [1.54, 1.807) is 6.42 Å². The van der Waals surface area contributed by atoms with E-state index < -0.39 is 0 Å². The highest BCUT2D eigenvalue weighted by molar-refractivity contribution is 14.1. The highest BCUT2D eigenvalue weighted by Gasteiger charge is 2.50. The van der Waals surface area contributed by atoms with Crippen LogP contribution in [0.5, 0.6) is 0 Å². The van der Waals surface area contributed by atoms with Crippen LogP contribution < -0.4 is 0 Å². The SMILES string of the molecule is IC1CC2CC(I)(C3CCCCCCC3)CCC12. The van der Waals surface area contributed by atoms with Crippen molar-refractivity contribution in [2.75, 3.05) is 0 Å². The first kappa shape index (κ1) is 14.4. The Hall–Kier alpha value is 1.46. The van der Waals surface area contributed by atoms with Crippen LogP contribution in [0.4, 0.5) is 0 Å². The fourth-order valence-corrected chi connectivity index (χ4v) is 7.78. The van der Waals surface area contributed by atoms with E-state index in [0.717, 1.165) is 21.7 Å². The van der Waals surface area contributed by atoms with Crippen LogP contribution in [0.2, 0.25) is 0 Å². The maximum Gasteiger partial charge on any atom is 0.0253 e. The molecule has 0 amide bonds. The van der Waals surface area contributed by atoms with Gasteiger partial charge < -0.3 is 0 Å². The molecule has 0 nitrogen and oxygen atoms in total. The lowest BCUT2D eigenvalue weighted by atomic mass is 9.59. The summed E-state index contributed by atoms with van der Waals surface area (Å²) in [5.41, 5.74) is 0. The molecule has 4 unspecified atom stereocenters. The van der Waals surface area contributed by atoms with Crippen LogP contribution >= 0.6 is 45.2 Å². The Morgan fingerprint density at radius 1 is 0.889 bits per heavy atom. The van der Waals surface area contributed by atoms with Crippen molar-refractivity contribution in [3.63, 3.8) is 0 Å². The van der Waals surface area contributed by atoms with Gasteiger partial charge in [0.2, 0.25) is 0 Å². The average molecular weight is 472 g/mol. The summed E-state index contributed by atoms with van der Waals surface area (Å²) in [6.07, 6.45) is 16.8. The lowest BCUT2D eigenvalue weighted by molar-refractivity contribution is 0.0874. The lowest BCUT2D eigenvalue weighted by Crippen LogP contribution is -2.48. The molecule has 0 heterocycles. The summed E-state index contributed by atoms with van der Waals surface area (Å²) in [6.45, 7) is 0. The van der Waals surface area contributed by atoms with Crippen LogP contribution in [0.15, 0.2) is 0 Å². The fraction of sp³-hybridized carbons (Fsp3) is 1.00. The van der Waals surface area contributed by atoms with E-state index in [1.165, 1.54) is 64.2 Å². The van der Waals surface area contributed by atoms with Crippen LogP contribution in [0.25, 0.3) is 0 Å². The van der Waals surface area contributed by atoms with Gasteiger partial charge in [-0.2, -0.15) is 0 Å². The van der Waals surface area contributed by atoms with Gasteiger partial charge in [0.1, 0.15) is 0 Å². The normalized spacial score (nSPS) is 46.7. The molecule has 0 aliphatic heterocycles. The Balaban J connectivity index is 1.62. The third-order valence-electron chi connectivity index (χ3n) is 5.93. The zero-order valence-electron chi connectivity index (χ0n) is 11.3. The van der Waals surface area contributed by atoms with E-state index in [0.29, 0.717) is 3.42 Å². The second-order valence-corrected chi connectivity index (χ2v) is 10.7. The topological polar surface area (TPSA) is 0 Å². The molecule has 0 aromatic rings. The number of rotatable bonds is 1. The largest absolute Gasteiger partial charge is 0.0823 e. The third-order valence-corrected chi connectivity index (χ3v) is 9.22. The molecule has 0 radical (unpaired) electrons. The molecule has 2 heteroatoms. The zero-order valence-corrected chi connectivity index (χ0v) is 15.7. The van der Waals surface area contributed by atoms with Crippen LogP contribution in [0.3, 0.4) is 0 Å². The number of alkyl halides is 2. The van der Waals surface area contributed by atoms with E-state index in [1.807, 2.05) is 0 Å². The van der Waals surface area contributed by atoms with Gasteiger partial charge in [0.15, 0.2) is 0 Å². The van der Waals surface area contributed by atoms with E-state index in [-0.39, 0.29) is 0 Å². The summed E-state index contributed by atoms with van der Waals surface area (Å²) in [4.78, 5) is 0. The number of hydrogen-bond donors (Lipinski definition) is 0. The minimum Gasteiger partial charge on any atom is -0.0823 e. The Kier molecular flexibility index (Phi) is 4.85. The molecule has 18 heavy (non-hydrogen) atoms. The predicted molar refractivity (Wildman–Crippen MR) is 95.8 cm³/mol. The quantitative estimate of drug-likeness (QED) is 0.318. The van der Waals surface area contributed by atoms with Gasteiger partial charge in [-0.1, -0.05) is 77.3 Å². The van der Waals surface area contributed by atoms with Gasteiger partial charge in [-0.15, -0.1) is 0 Å².